The molecule has 5 rings (SSSR count). The number of anilines is 1. The molecule has 2 N–H and O–H groups in total. The number of aryl methyl sites for hydroxylation is 2. The highest BCUT2D eigenvalue weighted by atomic mass is 35.5. The Hall–Kier alpha value is -3.08. The summed E-state index contributed by atoms with van der Waals surface area (Å²) in [5, 5.41) is 10.2. The van der Waals surface area contributed by atoms with Crippen molar-refractivity contribution in [3.8, 4) is 0 Å². The Labute approximate surface area is 255 Å². The average molecular weight is 639 g/mol. The lowest BCUT2D eigenvalue weighted by molar-refractivity contribution is -0.275. The molecule has 2 heterocycles. The van der Waals surface area contributed by atoms with E-state index in [1.54, 1.807) is 13.0 Å². The predicted molar refractivity (Wildman–Crippen MR) is 159 cm³/mol. The second-order valence-electron chi connectivity index (χ2n) is 10.4. The normalized spacial score (nSPS) is 18.2. The molecule has 3 aromatic rings. The Balaban J connectivity index is 1.39. The predicted octanol–water partition coefficient (Wildman–Crippen LogP) is 8.22. The number of nitrogens with one attached hydrogen (secondary N) is 2. The number of amides is 2. The van der Waals surface area contributed by atoms with Gasteiger partial charge in [0, 0.05) is 39.0 Å². The van der Waals surface area contributed by atoms with Crippen LogP contribution in [0.15, 0.2) is 41.6 Å². The third kappa shape index (κ3) is 5.76. The molecule has 2 amide bonds. The van der Waals surface area contributed by atoms with Crippen LogP contribution in [0.1, 0.15) is 80.5 Å². The molecule has 12 heteroatoms. The van der Waals surface area contributed by atoms with Gasteiger partial charge in [-0.3, -0.25) is 9.59 Å². The van der Waals surface area contributed by atoms with E-state index in [0.29, 0.717) is 33.8 Å². The zero-order valence-corrected chi connectivity index (χ0v) is 25.2. The zero-order chi connectivity index (χ0) is 30.2. The molecular weight excluding hydrogens is 610 g/mol. The minimum Gasteiger partial charge on any atom is -0.374 e. The van der Waals surface area contributed by atoms with E-state index in [2.05, 4.69) is 15.8 Å². The Morgan fingerprint density at radius 3 is 2.45 bits per heavy atom. The van der Waals surface area contributed by atoms with Gasteiger partial charge in [-0.25, -0.2) is 0 Å². The summed E-state index contributed by atoms with van der Waals surface area (Å²) in [7, 11) is 0. The highest BCUT2D eigenvalue weighted by molar-refractivity contribution is 7.17. The summed E-state index contributed by atoms with van der Waals surface area (Å²) < 4.78 is 43.2. The third-order valence-electron chi connectivity index (χ3n) is 7.48. The van der Waals surface area contributed by atoms with Crippen LogP contribution in [0.2, 0.25) is 10.0 Å². The number of alkyl halides is 3. The number of hydrogen-bond acceptors (Lipinski definition) is 5. The van der Waals surface area contributed by atoms with Gasteiger partial charge in [0.2, 0.25) is 0 Å². The first-order chi connectivity index (χ1) is 19.9. The van der Waals surface area contributed by atoms with Crippen LogP contribution in [0.25, 0.3) is 0 Å². The zero-order valence-electron chi connectivity index (χ0n) is 22.9. The van der Waals surface area contributed by atoms with Crippen molar-refractivity contribution < 1.29 is 27.6 Å². The molecule has 6 nitrogen and oxygen atoms in total. The maximum absolute atomic E-state index is 14.4. The molecule has 2 aliphatic rings. The molecule has 1 unspecified atom stereocenters. The van der Waals surface area contributed by atoms with Crippen molar-refractivity contribution in [1.82, 2.24) is 5.32 Å². The topological polar surface area (TPSA) is 79.8 Å². The number of fused-ring (bicyclic) bond motifs is 1. The van der Waals surface area contributed by atoms with Gasteiger partial charge in [0.25, 0.3) is 17.4 Å². The third-order valence-corrected chi connectivity index (χ3v) is 9.12. The molecule has 0 radical (unpaired) electrons. The van der Waals surface area contributed by atoms with Gasteiger partial charge in [0.05, 0.1) is 11.3 Å². The lowest BCUT2D eigenvalue weighted by atomic mass is 9.86. The molecule has 2 aromatic carbocycles. The van der Waals surface area contributed by atoms with Gasteiger partial charge in [0.1, 0.15) is 5.00 Å². The number of rotatable bonds is 7. The minimum absolute atomic E-state index is 0.0435. The van der Waals surface area contributed by atoms with E-state index in [0.717, 1.165) is 54.7 Å². The monoisotopic (exact) mass is 637 g/mol. The van der Waals surface area contributed by atoms with Crippen molar-refractivity contribution in [2.24, 2.45) is 5.16 Å². The van der Waals surface area contributed by atoms with Gasteiger partial charge < -0.3 is 15.5 Å². The fourth-order valence-corrected chi connectivity index (χ4v) is 7.14. The van der Waals surface area contributed by atoms with Gasteiger partial charge in [0.15, 0.2) is 0 Å². The SMILES string of the molecule is CCCNC(=O)c1c(NC(=O)c2ccc(C3=NOC(c4cc(Cl)cc(Cl)c4)(C(F)(F)F)C3)cc2C)sc2c1CCCC2. The Bertz CT molecular complexity index is 1570. The van der Waals surface area contributed by atoms with E-state index in [4.69, 9.17) is 28.0 Å². The van der Waals surface area contributed by atoms with Crippen LogP contribution in [0, 0.1) is 6.92 Å². The lowest BCUT2D eigenvalue weighted by Gasteiger charge is -2.29. The summed E-state index contributed by atoms with van der Waals surface area (Å²) in [6.45, 7) is 4.19. The summed E-state index contributed by atoms with van der Waals surface area (Å²) in [5.74, 6) is -0.614. The van der Waals surface area contributed by atoms with Crippen LogP contribution in [0.4, 0.5) is 18.2 Å². The summed E-state index contributed by atoms with van der Waals surface area (Å²) >= 11 is 13.4. The smallest absolute Gasteiger partial charge is 0.374 e. The molecule has 0 spiro atoms. The quantitative estimate of drug-likeness (QED) is 0.274. The van der Waals surface area contributed by atoms with E-state index in [9.17, 15) is 22.8 Å². The number of hydrogen-bond donors (Lipinski definition) is 2. The van der Waals surface area contributed by atoms with E-state index in [1.807, 2.05) is 6.92 Å². The molecule has 0 saturated heterocycles. The summed E-state index contributed by atoms with van der Waals surface area (Å²) in [5.41, 5.74) is -0.184. The number of nitrogens with zero attached hydrogens (tertiary/aromatic N) is 1. The first kappa shape index (κ1) is 30.4. The number of oxime groups is 1. The number of carbonyl (C=O) groups is 2. The molecule has 1 aliphatic heterocycles. The van der Waals surface area contributed by atoms with Crippen molar-refractivity contribution >= 4 is 57.1 Å². The van der Waals surface area contributed by atoms with Crippen LogP contribution >= 0.6 is 34.5 Å². The van der Waals surface area contributed by atoms with Crippen molar-refractivity contribution in [3.05, 3.63) is 84.7 Å². The lowest BCUT2D eigenvalue weighted by Crippen LogP contribution is -2.42. The fraction of sp³-hybridized carbons (Fsp3) is 0.367. The van der Waals surface area contributed by atoms with Crippen LogP contribution in [0.3, 0.4) is 0 Å². The highest BCUT2D eigenvalue weighted by Gasteiger charge is 2.62. The molecule has 1 atom stereocenters. The Morgan fingerprint density at radius 2 is 1.79 bits per heavy atom. The van der Waals surface area contributed by atoms with Crippen molar-refractivity contribution in [3.63, 3.8) is 0 Å². The second kappa shape index (κ2) is 11.9. The number of thiophene rings is 1. The van der Waals surface area contributed by atoms with E-state index in [1.165, 1.54) is 29.5 Å². The number of carbonyl (C=O) groups excluding carboxylic acids is 2. The molecule has 222 valence electrons. The van der Waals surface area contributed by atoms with Crippen LogP contribution in [-0.4, -0.2) is 30.2 Å². The maximum atomic E-state index is 14.4. The summed E-state index contributed by atoms with van der Waals surface area (Å²) in [4.78, 5) is 32.6. The molecule has 42 heavy (non-hydrogen) atoms. The summed E-state index contributed by atoms with van der Waals surface area (Å²) in [6.07, 6.45) is -0.960. The van der Waals surface area contributed by atoms with Gasteiger partial charge in [-0.15, -0.1) is 11.3 Å². The summed E-state index contributed by atoms with van der Waals surface area (Å²) in [6, 6.07) is 8.34. The van der Waals surface area contributed by atoms with E-state index < -0.39 is 24.1 Å². The number of halogens is 5. The standard InChI is InChI=1S/C30H28Cl2F3N3O3S/c1-3-10-36-27(40)25-22-6-4-5-7-24(22)42-28(25)37-26(39)21-9-8-17(11-16(21)2)23-15-29(41-38-23,30(33,34)35)18-12-19(31)14-20(32)13-18/h8-9,11-14H,3-7,10,15H2,1-2H3,(H,36,40)(H,37,39). The van der Waals surface area contributed by atoms with Crippen LogP contribution in [0.5, 0.6) is 0 Å². The Morgan fingerprint density at radius 1 is 1.07 bits per heavy atom. The van der Waals surface area contributed by atoms with Gasteiger partial charge in [-0.1, -0.05) is 41.3 Å². The van der Waals surface area contributed by atoms with E-state index >= 15 is 0 Å². The second-order valence-corrected chi connectivity index (χ2v) is 12.4. The first-order valence-electron chi connectivity index (χ1n) is 13.6. The molecule has 0 bridgehead atoms. The largest absolute Gasteiger partial charge is 0.435 e. The van der Waals surface area contributed by atoms with Gasteiger partial charge in [-0.2, -0.15) is 13.2 Å². The molecular formula is C30H28Cl2F3N3O3S. The first-order valence-corrected chi connectivity index (χ1v) is 15.1. The van der Waals surface area contributed by atoms with Crippen LogP contribution < -0.4 is 10.6 Å². The molecule has 0 saturated carbocycles. The highest BCUT2D eigenvalue weighted by Crippen LogP contribution is 2.50. The average Bonchev–Trinajstić information content (AvgIpc) is 3.54. The molecule has 1 aromatic heterocycles. The number of benzene rings is 2. The van der Waals surface area contributed by atoms with Crippen molar-refractivity contribution in [2.45, 2.75) is 64.1 Å². The minimum atomic E-state index is -4.82. The molecule has 1 aliphatic carbocycles. The fourth-order valence-electron chi connectivity index (χ4n) is 5.33. The van der Waals surface area contributed by atoms with E-state index in [-0.39, 0.29) is 27.2 Å². The molecule has 0 fully saturated rings. The van der Waals surface area contributed by atoms with Gasteiger partial charge in [-0.05, 0) is 86.1 Å². The Kier molecular flexibility index (Phi) is 8.60. The van der Waals surface area contributed by atoms with Crippen LogP contribution in [-0.2, 0) is 23.3 Å². The van der Waals surface area contributed by atoms with Crippen molar-refractivity contribution in [1.29, 1.82) is 0 Å². The van der Waals surface area contributed by atoms with Crippen molar-refractivity contribution in [2.75, 3.05) is 11.9 Å². The maximum Gasteiger partial charge on any atom is 0.435 e. The van der Waals surface area contributed by atoms with Gasteiger partial charge >= 0.3 is 6.18 Å².